The van der Waals surface area contributed by atoms with Crippen molar-refractivity contribution in [3.05, 3.63) is 34.6 Å². The fourth-order valence-electron chi connectivity index (χ4n) is 2.10. The van der Waals surface area contributed by atoms with E-state index in [1.54, 1.807) is 6.07 Å². The number of hydrogen-bond acceptors (Lipinski definition) is 1. The van der Waals surface area contributed by atoms with Gasteiger partial charge in [0.05, 0.1) is 5.02 Å². The second kappa shape index (κ2) is 3.52. The Bertz CT molecular complexity index is 342. The summed E-state index contributed by atoms with van der Waals surface area (Å²) in [5.41, 5.74) is 6.56. The molecule has 0 aromatic heterocycles. The summed E-state index contributed by atoms with van der Waals surface area (Å²) in [4.78, 5) is 0. The zero-order chi connectivity index (χ0) is 10.2. The summed E-state index contributed by atoms with van der Waals surface area (Å²) in [5, 5.41) is 0.248. The summed E-state index contributed by atoms with van der Waals surface area (Å²) in [7, 11) is 0. The maximum atomic E-state index is 13.2. The molecule has 1 aliphatic rings. The molecule has 0 amide bonds. The minimum atomic E-state index is -0.344. The van der Waals surface area contributed by atoms with Crippen LogP contribution >= 0.6 is 11.6 Å². The molecule has 2 rings (SSSR count). The molecule has 0 radical (unpaired) electrons. The van der Waals surface area contributed by atoms with Crippen molar-refractivity contribution in [2.45, 2.75) is 24.7 Å². The van der Waals surface area contributed by atoms with Gasteiger partial charge in [0.25, 0.3) is 0 Å². The summed E-state index contributed by atoms with van der Waals surface area (Å²) in [6.07, 6.45) is 3.20. The Morgan fingerprint density at radius 2 is 2.14 bits per heavy atom. The van der Waals surface area contributed by atoms with Gasteiger partial charge in [0.2, 0.25) is 0 Å². The van der Waals surface area contributed by atoms with E-state index in [2.05, 4.69) is 0 Å². The molecule has 3 heteroatoms. The number of hydrogen-bond donors (Lipinski definition) is 1. The molecule has 1 aromatic carbocycles. The fourth-order valence-corrected chi connectivity index (χ4v) is 2.43. The van der Waals surface area contributed by atoms with Crippen LogP contribution in [0.1, 0.15) is 24.8 Å². The molecule has 76 valence electrons. The van der Waals surface area contributed by atoms with Crippen molar-refractivity contribution in [2.75, 3.05) is 6.54 Å². The van der Waals surface area contributed by atoms with E-state index in [1.165, 1.54) is 6.07 Å². The minimum absolute atomic E-state index is 0.0564. The Labute approximate surface area is 88.1 Å². The maximum absolute atomic E-state index is 13.2. The van der Waals surface area contributed by atoms with Crippen LogP contribution in [0, 0.1) is 5.82 Å². The van der Waals surface area contributed by atoms with Gasteiger partial charge in [0, 0.05) is 12.0 Å². The lowest BCUT2D eigenvalue weighted by atomic mass is 9.64. The lowest BCUT2D eigenvalue weighted by molar-refractivity contribution is 0.252. The molecule has 1 saturated carbocycles. The molecular formula is C11H13ClFN. The van der Waals surface area contributed by atoms with Crippen molar-refractivity contribution >= 4 is 11.6 Å². The van der Waals surface area contributed by atoms with Gasteiger partial charge in [-0.1, -0.05) is 30.2 Å². The van der Waals surface area contributed by atoms with Crippen LogP contribution in [-0.2, 0) is 5.41 Å². The maximum Gasteiger partial charge on any atom is 0.142 e. The molecule has 1 fully saturated rings. The van der Waals surface area contributed by atoms with E-state index in [0.29, 0.717) is 6.54 Å². The smallest absolute Gasteiger partial charge is 0.142 e. The van der Waals surface area contributed by atoms with Crippen LogP contribution in [0.25, 0.3) is 0 Å². The van der Waals surface area contributed by atoms with E-state index < -0.39 is 0 Å². The van der Waals surface area contributed by atoms with Crippen molar-refractivity contribution in [1.82, 2.24) is 0 Å². The number of rotatable bonds is 2. The van der Waals surface area contributed by atoms with E-state index >= 15 is 0 Å². The van der Waals surface area contributed by atoms with E-state index in [-0.39, 0.29) is 16.3 Å². The van der Waals surface area contributed by atoms with Crippen LogP contribution < -0.4 is 5.73 Å². The average Bonchev–Trinajstić information content (AvgIpc) is 2.11. The molecule has 0 atom stereocenters. The highest BCUT2D eigenvalue weighted by molar-refractivity contribution is 6.31. The Hall–Kier alpha value is -0.600. The van der Waals surface area contributed by atoms with Gasteiger partial charge < -0.3 is 5.73 Å². The second-order valence-corrected chi connectivity index (χ2v) is 4.32. The third-order valence-electron chi connectivity index (χ3n) is 3.22. The largest absolute Gasteiger partial charge is 0.330 e. The van der Waals surface area contributed by atoms with Gasteiger partial charge in [0.15, 0.2) is 0 Å². The van der Waals surface area contributed by atoms with Gasteiger partial charge in [-0.3, -0.25) is 0 Å². The summed E-state index contributed by atoms with van der Waals surface area (Å²) in [6.45, 7) is 0.552. The van der Waals surface area contributed by atoms with Crippen LogP contribution in [0.4, 0.5) is 4.39 Å². The quantitative estimate of drug-likeness (QED) is 0.803. The minimum Gasteiger partial charge on any atom is -0.330 e. The SMILES string of the molecule is NCC1(c2cccc(F)c2Cl)CCC1. The highest BCUT2D eigenvalue weighted by atomic mass is 35.5. The zero-order valence-corrected chi connectivity index (χ0v) is 8.65. The third-order valence-corrected chi connectivity index (χ3v) is 3.61. The van der Waals surface area contributed by atoms with E-state index in [4.69, 9.17) is 17.3 Å². The summed E-state index contributed by atoms with van der Waals surface area (Å²) in [6, 6.07) is 4.97. The van der Waals surface area contributed by atoms with Crippen LogP contribution in [0.3, 0.4) is 0 Å². The molecule has 0 heterocycles. The lowest BCUT2D eigenvalue weighted by Crippen LogP contribution is -2.41. The number of benzene rings is 1. The van der Waals surface area contributed by atoms with Crippen LogP contribution in [0.15, 0.2) is 18.2 Å². The molecule has 0 unspecified atom stereocenters. The van der Waals surface area contributed by atoms with Crippen LogP contribution in [0.5, 0.6) is 0 Å². The average molecular weight is 214 g/mol. The topological polar surface area (TPSA) is 26.0 Å². The first-order valence-corrected chi connectivity index (χ1v) is 5.22. The van der Waals surface area contributed by atoms with Crippen molar-refractivity contribution < 1.29 is 4.39 Å². The van der Waals surface area contributed by atoms with E-state index in [1.807, 2.05) is 6.07 Å². The normalized spacial score (nSPS) is 19.1. The predicted octanol–water partition coefficient (Wildman–Crippen LogP) is 2.86. The molecule has 14 heavy (non-hydrogen) atoms. The van der Waals surface area contributed by atoms with Gasteiger partial charge >= 0.3 is 0 Å². The predicted molar refractivity (Wildman–Crippen MR) is 56.0 cm³/mol. The molecule has 1 nitrogen and oxygen atoms in total. The number of nitrogens with two attached hydrogens (primary N) is 1. The Morgan fingerprint density at radius 3 is 2.64 bits per heavy atom. The highest BCUT2D eigenvalue weighted by Crippen LogP contribution is 2.45. The first-order valence-electron chi connectivity index (χ1n) is 4.84. The Kier molecular flexibility index (Phi) is 2.50. The Morgan fingerprint density at radius 1 is 1.43 bits per heavy atom. The van der Waals surface area contributed by atoms with Crippen molar-refractivity contribution in [2.24, 2.45) is 5.73 Å². The molecule has 1 aliphatic carbocycles. The third kappa shape index (κ3) is 1.33. The fraction of sp³-hybridized carbons (Fsp3) is 0.455. The Balaban J connectivity index is 2.45. The van der Waals surface area contributed by atoms with Gasteiger partial charge in [-0.2, -0.15) is 0 Å². The molecule has 1 aromatic rings. The monoisotopic (exact) mass is 213 g/mol. The molecule has 0 bridgehead atoms. The first kappa shape index (κ1) is 9.94. The van der Waals surface area contributed by atoms with E-state index in [9.17, 15) is 4.39 Å². The summed E-state index contributed by atoms with van der Waals surface area (Å²) < 4.78 is 13.2. The van der Waals surface area contributed by atoms with Gasteiger partial charge in [-0.05, 0) is 24.5 Å². The van der Waals surface area contributed by atoms with Crippen LogP contribution in [0.2, 0.25) is 5.02 Å². The summed E-state index contributed by atoms with van der Waals surface area (Å²) >= 11 is 5.94. The zero-order valence-electron chi connectivity index (χ0n) is 7.89. The molecule has 0 spiro atoms. The van der Waals surface area contributed by atoms with Crippen molar-refractivity contribution in [1.29, 1.82) is 0 Å². The summed E-state index contributed by atoms with van der Waals surface area (Å²) in [5.74, 6) is -0.344. The number of halogens is 2. The first-order chi connectivity index (χ1) is 6.69. The van der Waals surface area contributed by atoms with E-state index in [0.717, 1.165) is 24.8 Å². The second-order valence-electron chi connectivity index (χ2n) is 3.94. The van der Waals surface area contributed by atoms with Crippen molar-refractivity contribution in [3.8, 4) is 0 Å². The van der Waals surface area contributed by atoms with Gasteiger partial charge in [-0.25, -0.2) is 4.39 Å². The van der Waals surface area contributed by atoms with Gasteiger partial charge in [0.1, 0.15) is 5.82 Å². The van der Waals surface area contributed by atoms with Crippen molar-refractivity contribution in [3.63, 3.8) is 0 Å². The van der Waals surface area contributed by atoms with Crippen LogP contribution in [-0.4, -0.2) is 6.54 Å². The molecule has 2 N–H and O–H groups in total. The van der Waals surface area contributed by atoms with Gasteiger partial charge in [-0.15, -0.1) is 0 Å². The highest BCUT2D eigenvalue weighted by Gasteiger charge is 2.39. The molecule has 0 aliphatic heterocycles. The lowest BCUT2D eigenvalue weighted by Gasteiger charge is -2.42. The molecular weight excluding hydrogens is 201 g/mol. The molecule has 0 saturated heterocycles. The standard InChI is InChI=1S/C11H13ClFN/c12-10-8(3-1-4-9(10)13)11(7-14)5-2-6-11/h1,3-4H,2,5-7,14H2.